The second-order valence-corrected chi connectivity index (χ2v) is 2.18. The van der Waals surface area contributed by atoms with Crippen molar-refractivity contribution in [2.75, 3.05) is 14.2 Å². The van der Waals surface area contributed by atoms with E-state index in [1.165, 1.54) is 0 Å². The Morgan fingerprint density at radius 1 is 1.18 bits per heavy atom. The molecule has 0 aliphatic carbocycles. The number of ether oxygens (including phenoxy) is 2. The van der Waals surface area contributed by atoms with Crippen molar-refractivity contribution in [3.8, 4) is 11.5 Å². The second-order valence-electron chi connectivity index (χ2n) is 2.18. The van der Waals surface area contributed by atoms with Crippen molar-refractivity contribution in [3.05, 3.63) is 30.7 Å². The van der Waals surface area contributed by atoms with E-state index in [0.29, 0.717) is 0 Å². The lowest BCUT2D eigenvalue weighted by molar-refractivity contribution is 0.393. The predicted molar refractivity (Wildman–Crippen MR) is 44.0 cm³/mol. The summed E-state index contributed by atoms with van der Waals surface area (Å²) >= 11 is 0. The summed E-state index contributed by atoms with van der Waals surface area (Å²) < 4.78 is 10.0. The zero-order chi connectivity index (χ0) is 8.27. The molecule has 0 saturated heterocycles. The van der Waals surface area contributed by atoms with Gasteiger partial charge in [0.15, 0.2) is 0 Å². The Hall–Kier alpha value is -1.31. The van der Waals surface area contributed by atoms with E-state index in [9.17, 15) is 0 Å². The summed E-state index contributed by atoms with van der Waals surface area (Å²) in [4.78, 5) is 0. The van der Waals surface area contributed by atoms with Crippen LogP contribution < -0.4 is 9.47 Å². The maximum atomic E-state index is 5.04. The number of rotatable bonds is 2. The standard InChI is InChI=1S/C9H11O2/c1-7-4-5-8(10-2)6-9(7)11-3/h4-6H,1H2,2-3H3/q-1. The van der Waals surface area contributed by atoms with Crippen molar-refractivity contribution in [2.45, 2.75) is 0 Å². The Morgan fingerprint density at radius 2 is 1.91 bits per heavy atom. The molecular weight excluding hydrogens is 140 g/mol. The molecule has 1 aromatic rings. The molecule has 0 spiro atoms. The van der Waals surface area contributed by atoms with E-state index in [1.807, 2.05) is 18.2 Å². The number of hydrogen-bond donors (Lipinski definition) is 0. The Morgan fingerprint density at radius 3 is 2.45 bits per heavy atom. The lowest BCUT2D eigenvalue weighted by Gasteiger charge is -2.13. The average molecular weight is 151 g/mol. The van der Waals surface area contributed by atoms with Crippen molar-refractivity contribution >= 4 is 0 Å². The van der Waals surface area contributed by atoms with Crippen LogP contribution in [0, 0.1) is 6.92 Å². The van der Waals surface area contributed by atoms with Crippen LogP contribution in [0.4, 0.5) is 0 Å². The van der Waals surface area contributed by atoms with Gasteiger partial charge in [-0.2, -0.15) is 18.6 Å². The molecule has 60 valence electrons. The average Bonchev–Trinajstić information content (AvgIpc) is 2.05. The van der Waals surface area contributed by atoms with Crippen molar-refractivity contribution in [2.24, 2.45) is 0 Å². The molecule has 2 heteroatoms. The first kappa shape index (κ1) is 7.79. The summed E-state index contributed by atoms with van der Waals surface area (Å²) in [5.74, 6) is 1.54. The highest BCUT2D eigenvalue weighted by atomic mass is 16.5. The van der Waals surface area contributed by atoms with Gasteiger partial charge in [-0.15, -0.1) is 0 Å². The lowest BCUT2D eigenvalue weighted by Crippen LogP contribution is -1.88. The Balaban J connectivity index is 3.02. The van der Waals surface area contributed by atoms with Crippen LogP contribution in [0.2, 0.25) is 0 Å². The first-order chi connectivity index (χ1) is 5.27. The number of methoxy groups -OCH3 is 2. The Bertz CT molecular complexity index is 243. The van der Waals surface area contributed by atoms with Crippen LogP contribution in [0.3, 0.4) is 0 Å². The predicted octanol–water partition coefficient (Wildman–Crippen LogP) is 1.89. The molecule has 0 heterocycles. The molecule has 0 atom stereocenters. The van der Waals surface area contributed by atoms with Gasteiger partial charge in [-0.3, -0.25) is 0 Å². The summed E-state index contributed by atoms with van der Waals surface area (Å²) in [6.07, 6.45) is 0. The van der Waals surface area contributed by atoms with Crippen LogP contribution >= 0.6 is 0 Å². The topological polar surface area (TPSA) is 18.5 Å². The molecule has 0 bridgehead atoms. The highest BCUT2D eigenvalue weighted by Gasteiger charge is 1.90. The molecule has 11 heavy (non-hydrogen) atoms. The van der Waals surface area contributed by atoms with Gasteiger partial charge >= 0.3 is 0 Å². The Kier molecular flexibility index (Phi) is 2.26. The third kappa shape index (κ3) is 1.58. The normalized spacial score (nSPS) is 9.27. The van der Waals surface area contributed by atoms with Crippen molar-refractivity contribution in [1.29, 1.82) is 0 Å². The van der Waals surface area contributed by atoms with Crippen LogP contribution in [0.1, 0.15) is 5.56 Å². The van der Waals surface area contributed by atoms with E-state index in [1.54, 1.807) is 14.2 Å². The highest BCUT2D eigenvalue weighted by Crippen LogP contribution is 2.22. The summed E-state index contributed by atoms with van der Waals surface area (Å²) in [6, 6.07) is 5.52. The third-order valence-corrected chi connectivity index (χ3v) is 1.49. The first-order valence-electron chi connectivity index (χ1n) is 3.32. The minimum absolute atomic E-state index is 0.754. The van der Waals surface area contributed by atoms with Gasteiger partial charge in [0.05, 0.1) is 20.0 Å². The minimum Gasteiger partial charge on any atom is -0.553 e. The van der Waals surface area contributed by atoms with Crippen LogP contribution in [-0.4, -0.2) is 14.2 Å². The minimum atomic E-state index is 0.754. The molecule has 0 saturated carbocycles. The molecule has 0 amide bonds. The van der Waals surface area contributed by atoms with Gasteiger partial charge in [0.1, 0.15) is 0 Å². The second kappa shape index (κ2) is 3.19. The number of benzene rings is 1. The zero-order valence-corrected chi connectivity index (χ0v) is 6.76. The van der Waals surface area contributed by atoms with Crippen molar-refractivity contribution in [1.82, 2.24) is 0 Å². The maximum absolute atomic E-state index is 5.04. The van der Waals surface area contributed by atoms with Crippen LogP contribution in [0.25, 0.3) is 0 Å². The van der Waals surface area contributed by atoms with Crippen LogP contribution in [0.5, 0.6) is 11.5 Å². The van der Waals surface area contributed by atoms with E-state index < -0.39 is 0 Å². The van der Waals surface area contributed by atoms with E-state index in [0.717, 1.165) is 17.1 Å². The molecule has 0 aliphatic rings. The fourth-order valence-corrected chi connectivity index (χ4v) is 0.852. The Labute approximate surface area is 66.8 Å². The SMILES string of the molecule is [CH2-]c1ccc(OC)cc1OC. The molecule has 0 fully saturated rings. The molecule has 0 unspecified atom stereocenters. The molecule has 2 nitrogen and oxygen atoms in total. The van der Waals surface area contributed by atoms with Gasteiger partial charge in [-0.1, -0.05) is 6.07 Å². The summed E-state index contributed by atoms with van der Waals surface area (Å²) in [6.45, 7) is 3.79. The van der Waals surface area contributed by atoms with Gasteiger partial charge in [0.2, 0.25) is 0 Å². The van der Waals surface area contributed by atoms with E-state index in [-0.39, 0.29) is 0 Å². The van der Waals surface area contributed by atoms with Crippen LogP contribution in [-0.2, 0) is 0 Å². The molecule has 1 aromatic carbocycles. The quantitative estimate of drug-likeness (QED) is 0.601. The van der Waals surface area contributed by atoms with Gasteiger partial charge in [0, 0.05) is 5.75 Å². The number of hydrogen-bond acceptors (Lipinski definition) is 2. The van der Waals surface area contributed by atoms with Gasteiger partial charge < -0.3 is 9.47 Å². The lowest BCUT2D eigenvalue weighted by atomic mass is 10.2. The largest absolute Gasteiger partial charge is 0.553 e. The van der Waals surface area contributed by atoms with Gasteiger partial charge in [-0.25, -0.2) is 0 Å². The first-order valence-corrected chi connectivity index (χ1v) is 3.32. The molecule has 0 aliphatic heterocycles. The third-order valence-electron chi connectivity index (χ3n) is 1.49. The molecule has 0 N–H and O–H groups in total. The van der Waals surface area contributed by atoms with E-state index >= 15 is 0 Å². The summed E-state index contributed by atoms with van der Waals surface area (Å²) in [7, 11) is 3.24. The zero-order valence-electron chi connectivity index (χ0n) is 6.76. The fourth-order valence-electron chi connectivity index (χ4n) is 0.852. The molecule has 0 aromatic heterocycles. The summed E-state index contributed by atoms with van der Waals surface area (Å²) in [5, 5.41) is 0. The molecule has 0 radical (unpaired) electrons. The molecular formula is C9H11O2-. The molecule has 1 rings (SSSR count). The van der Waals surface area contributed by atoms with E-state index in [4.69, 9.17) is 9.47 Å². The van der Waals surface area contributed by atoms with Gasteiger partial charge in [0.25, 0.3) is 0 Å². The smallest absolute Gasteiger partial charge is 0.0978 e. The fraction of sp³-hybridized carbons (Fsp3) is 0.222. The summed E-state index contributed by atoms with van der Waals surface area (Å²) in [5.41, 5.74) is 0.869. The van der Waals surface area contributed by atoms with E-state index in [2.05, 4.69) is 6.92 Å². The maximum Gasteiger partial charge on any atom is 0.0978 e. The monoisotopic (exact) mass is 151 g/mol. The highest BCUT2D eigenvalue weighted by molar-refractivity contribution is 5.42. The van der Waals surface area contributed by atoms with Crippen LogP contribution in [0.15, 0.2) is 18.2 Å². The van der Waals surface area contributed by atoms with Crippen molar-refractivity contribution < 1.29 is 9.47 Å². The van der Waals surface area contributed by atoms with Gasteiger partial charge in [-0.05, 0) is 6.07 Å². The van der Waals surface area contributed by atoms with Crippen molar-refractivity contribution in [3.63, 3.8) is 0 Å².